The van der Waals surface area contributed by atoms with E-state index < -0.39 is 0 Å². The van der Waals surface area contributed by atoms with Crippen LogP contribution in [0.25, 0.3) is 0 Å². The third-order valence-electron chi connectivity index (χ3n) is 5.51. The molecule has 0 amide bonds. The summed E-state index contributed by atoms with van der Waals surface area (Å²) in [5.41, 5.74) is 1.33. The fourth-order valence-corrected chi connectivity index (χ4v) is 3.95. The normalized spacial score (nSPS) is 22.0. The largest absolute Gasteiger partial charge is 0.469 e. The van der Waals surface area contributed by atoms with Crippen molar-refractivity contribution in [1.82, 2.24) is 10.2 Å². The van der Waals surface area contributed by atoms with Crippen molar-refractivity contribution < 1.29 is 13.9 Å². The average Bonchev–Trinajstić information content (AvgIpc) is 3.48. The summed E-state index contributed by atoms with van der Waals surface area (Å²) >= 11 is 0. The molecule has 4 rings (SSSR count). The Morgan fingerprint density at radius 1 is 1.03 bits per heavy atom. The van der Waals surface area contributed by atoms with E-state index >= 15 is 0 Å². The molecular formula is C23H32IN3O3. The first-order chi connectivity index (χ1) is 14.4. The van der Waals surface area contributed by atoms with Gasteiger partial charge in [0.1, 0.15) is 11.9 Å². The molecule has 6 nitrogen and oxygen atoms in total. The Hall–Kier alpha value is -1.58. The number of hydrogen-bond acceptors (Lipinski definition) is 4. The predicted octanol–water partition coefficient (Wildman–Crippen LogP) is 3.51. The fourth-order valence-electron chi connectivity index (χ4n) is 3.95. The quantitative estimate of drug-likeness (QED) is 0.341. The second-order valence-corrected chi connectivity index (χ2v) is 7.60. The highest BCUT2D eigenvalue weighted by molar-refractivity contribution is 14.0. The number of hydrogen-bond donors (Lipinski definition) is 1. The molecule has 0 bridgehead atoms. The summed E-state index contributed by atoms with van der Waals surface area (Å²) in [4.78, 5) is 7.21. The van der Waals surface area contributed by atoms with E-state index in [-0.39, 0.29) is 36.2 Å². The standard InChI is InChI=1S/C23H31N3O3.HI/c1-2-6-19(7-3-1)10-12-24-23(25-13-11-20-8-4-15-27-20)26-14-17-29-22(18-26)21-9-5-16-28-21;/h1-4,6-8,15,21-22H,5,9-14,16-18H2,(H,24,25);1H. The summed E-state index contributed by atoms with van der Waals surface area (Å²) in [7, 11) is 0. The van der Waals surface area contributed by atoms with Crippen LogP contribution in [0.4, 0.5) is 0 Å². The Kier molecular flexibility index (Phi) is 9.48. The molecule has 2 aromatic rings. The SMILES string of the molecule is I.c1ccc(CCNC(=NCCc2ccco2)N2CCOC(C3CCCO3)C2)cc1. The molecule has 2 unspecified atom stereocenters. The molecule has 7 heteroatoms. The zero-order valence-corrected chi connectivity index (χ0v) is 19.7. The summed E-state index contributed by atoms with van der Waals surface area (Å²) in [5, 5.41) is 3.58. The van der Waals surface area contributed by atoms with Crippen molar-refractivity contribution in [3.63, 3.8) is 0 Å². The highest BCUT2D eigenvalue weighted by Crippen LogP contribution is 2.21. The lowest BCUT2D eigenvalue weighted by Gasteiger charge is -2.37. The molecule has 0 saturated carbocycles. The number of rotatable bonds is 7. The first-order valence-corrected chi connectivity index (χ1v) is 10.7. The van der Waals surface area contributed by atoms with Crippen molar-refractivity contribution >= 4 is 29.9 Å². The van der Waals surface area contributed by atoms with E-state index in [0.717, 1.165) is 63.6 Å². The van der Waals surface area contributed by atoms with Gasteiger partial charge in [-0.25, -0.2) is 0 Å². The van der Waals surface area contributed by atoms with Gasteiger partial charge in [-0.1, -0.05) is 30.3 Å². The van der Waals surface area contributed by atoms with Gasteiger partial charge < -0.3 is 24.1 Å². The Bertz CT molecular complexity index is 748. The van der Waals surface area contributed by atoms with E-state index in [1.807, 2.05) is 12.1 Å². The molecule has 1 N–H and O–H groups in total. The number of guanidine groups is 1. The fraction of sp³-hybridized carbons (Fsp3) is 0.522. The number of benzene rings is 1. The summed E-state index contributed by atoms with van der Waals surface area (Å²) < 4.78 is 17.3. The first-order valence-electron chi connectivity index (χ1n) is 10.7. The summed E-state index contributed by atoms with van der Waals surface area (Å²) in [6, 6.07) is 14.5. The van der Waals surface area contributed by atoms with Crippen LogP contribution >= 0.6 is 24.0 Å². The topological polar surface area (TPSA) is 59.2 Å². The smallest absolute Gasteiger partial charge is 0.194 e. The molecule has 2 aliphatic heterocycles. The maximum absolute atomic E-state index is 6.02. The molecular weight excluding hydrogens is 493 g/mol. The molecule has 3 heterocycles. The highest BCUT2D eigenvalue weighted by atomic mass is 127. The van der Waals surface area contributed by atoms with Crippen molar-refractivity contribution in [3.8, 4) is 0 Å². The number of aliphatic imine (C=N–C) groups is 1. The number of ether oxygens (including phenoxy) is 2. The molecule has 2 atom stereocenters. The second-order valence-electron chi connectivity index (χ2n) is 7.60. The Morgan fingerprint density at radius 2 is 1.90 bits per heavy atom. The van der Waals surface area contributed by atoms with Gasteiger partial charge in [-0.3, -0.25) is 4.99 Å². The Morgan fingerprint density at radius 3 is 2.67 bits per heavy atom. The number of nitrogens with one attached hydrogen (secondary N) is 1. The van der Waals surface area contributed by atoms with Crippen LogP contribution < -0.4 is 5.32 Å². The van der Waals surface area contributed by atoms with E-state index in [1.54, 1.807) is 6.26 Å². The molecule has 2 aliphatic rings. The molecule has 0 aliphatic carbocycles. The Balaban J connectivity index is 0.00000256. The van der Waals surface area contributed by atoms with E-state index in [2.05, 4.69) is 40.5 Å². The van der Waals surface area contributed by atoms with Crippen molar-refractivity contribution in [2.75, 3.05) is 39.4 Å². The molecule has 1 aromatic carbocycles. The molecule has 1 aromatic heterocycles. The van der Waals surface area contributed by atoms with Crippen LogP contribution in [0.15, 0.2) is 58.1 Å². The minimum absolute atomic E-state index is 0. The third kappa shape index (κ3) is 6.72. The van der Waals surface area contributed by atoms with Crippen LogP contribution in [-0.4, -0.2) is 62.5 Å². The maximum Gasteiger partial charge on any atom is 0.194 e. The highest BCUT2D eigenvalue weighted by Gasteiger charge is 2.32. The van der Waals surface area contributed by atoms with Crippen LogP contribution in [0.2, 0.25) is 0 Å². The second kappa shape index (κ2) is 12.3. The first kappa shape index (κ1) is 23.1. The Labute approximate surface area is 196 Å². The number of morpholine rings is 1. The van der Waals surface area contributed by atoms with Gasteiger partial charge in [0.25, 0.3) is 0 Å². The maximum atomic E-state index is 6.02. The predicted molar refractivity (Wildman–Crippen MR) is 129 cm³/mol. The van der Waals surface area contributed by atoms with Crippen molar-refractivity contribution in [2.45, 2.75) is 37.9 Å². The average molecular weight is 525 g/mol. The lowest BCUT2D eigenvalue weighted by Crippen LogP contribution is -2.53. The minimum atomic E-state index is 0. The van der Waals surface area contributed by atoms with Gasteiger partial charge >= 0.3 is 0 Å². The van der Waals surface area contributed by atoms with E-state index in [1.165, 1.54) is 5.56 Å². The lowest BCUT2D eigenvalue weighted by molar-refractivity contribution is -0.0817. The third-order valence-corrected chi connectivity index (χ3v) is 5.51. The van der Waals surface area contributed by atoms with Crippen LogP contribution in [-0.2, 0) is 22.3 Å². The monoisotopic (exact) mass is 525 g/mol. The molecule has 2 saturated heterocycles. The van der Waals surface area contributed by atoms with Crippen LogP contribution in [0.5, 0.6) is 0 Å². The summed E-state index contributed by atoms with van der Waals surface area (Å²) in [6.45, 7) is 4.78. The van der Waals surface area contributed by atoms with Crippen molar-refractivity contribution in [1.29, 1.82) is 0 Å². The zero-order valence-electron chi connectivity index (χ0n) is 17.4. The number of halogens is 1. The summed E-state index contributed by atoms with van der Waals surface area (Å²) in [6.07, 6.45) is 6.04. The van der Waals surface area contributed by atoms with Crippen LogP contribution in [0.1, 0.15) is 24.2 Å². The van der Waals surface area contributed by atoms with E-state index in [9.17, 15) is 0 Å². The van der Waals surface area contributed by atoms with E-state index in [4.69, 9.17) is 18.9 Å². The molecule has 0 radical (unpaired) electrons. The van der Waals surface area contributed by atoms with Gasteiger partial charge in [-0.2, -0.15) is 0 Å². The van der Waals surface area contributed by atoms with Gasteiger partial charge in [-0.05, 0) is 37.0 Å². The summed E-state index contributed by atoms with van der Waals surface area (Å²) in [5.74, 6) is 1.93. The van der Waals surface area contributed by atoms with Crippen LogP contribution in [0, 0.1) is 0 Å². The van der Waals surface area contributed by atoms with E-state index in [0.29, 0.717) is 13.2 Å². The molecule has 2 fully saturated rings. The molecule has 164 valence electrons. The zero-order chi connectivity index (χ0) is 19.7. The van der Waals surface area contributed by atoms with Gasteiger partial charge in [0.15, 0.2) is 5.96 Å². The number of furan rings is 1. The van der Waals surface area contributed by atoms with Gasteiger partial charge in [0.05, 0.1) is 19.0 Å². The number of nitrogens with zero attached hydrogens (tertiary/aromatic N) is 2. The van der Waals surface area contributed by atoms with Crippen molar-refractivity contribution in [2.24, 2.45) is 4.99 Å². The molecule has 0 spiro atoms. The van der Waals surface area contributed by atoms with Crippen LogP contribution in [0.3, 0.4) is 0 Å². The minimum Gasteiger partial charge on any atom is -0.469 e. The van der Waals surface area contributed by atoms with Gasteiger partial charge in [-0.15, -0.1) is 24.0 Å². The van der Waals surface area contributed by atoms with Crippen molar-refractivity contribution in [3.05, 3.63) is 60.1 Å². The lowest BCUT2D eigenvalue weighted by atomic mass is 10.1. The van der Waals surface area contributed by atoms with Gasteiger partial charge in [0.2, 0.25) is 0 Å². The molecule has 30 heavy (non-hydrogen) atoms. The van der Waals surface area contributed by atoms with Gasteiger partial charge in [0, 0.05) is 39.2 Å².